The van der Waals surface area contributed by atoms with E-state index in [0.717, 1.165) is 116 Å². The topological polar surface area (TPSA) is 126 Å². The summed E-state index contributed by atoms with van der Waals surface area (Å²) in [5.41, 5.74) is 0.612. The van der Waals surface area contributed by atoms with Crippen molar-refractivity contribution in [2.45, 2.75) is 216 Å². The fourth-order valence-corrected chi connectivity index (χ4v) is 7.26. The zero-order valence-electron chi connectivity index (χ0n) is 28.5. The number of carbonyl (C=O) groups is 1. The summed E-state index contributed by atoms with van der Waals surface area (Å²) in [6.07, 6.45) is 22.6. The van der Waals surface area contributed by atoms with Crippen LogP contribution in [0.25, 0.3) is 0 Å². The standard InChI is InChI=1S/C37H66O8/c1-3-29(38)17-13-10-8-12-16-20-32(41)34-22-24-36(45-34)35-23-21-33(44-35)31(40)19-15-11-7-5-4-6-9-14-18-30(39)26-28-25-27(2)43-37(28)42/h25,27,29-36,38-41H,3-24,26H2,1-2H3/t27-,29-,30+,31+,32-,33+,34+,35+,36+/m0/s1. The van der Waals surface area contributed by atoms with E-state index in [1.807, 2.05) is 19.9 Å². The molecule has 0 saturated carbocycles. The normalized spacial score (nSPS) is 27.8. The van der Waals surface area contributed by atoms with Gasteiger partial charge in [-0.25, -0.2) is 4.79 Å². The van der Waals surface area contributed by atoms with E-state index >= 15 is 0 Å². The lowest BCUT2D eigenvalue weighted by molar-refractivity contribution is -0.139. The molecule has 0 radical (unpaired) electrons. The first-order chi connectivity index (χ1) is 21.8. The van der Waals surface area contributed by atoms with Crippen LogP contribution in [-0.4, -0.2) is 81.3 Å². The van der Waals surface area contributed by atoms with Crippen molar-refractivity contribution in [3.63, 3.8) is 0 Å². The Balaban J connectivity index is 1.13. The minimum atomic E-state index is -0.469. The molecule has 0 aromatic heterocycles. The molecule has 9 atom stereocenters. The van der Waals surface area contributed by atoms with Crippen molar-refractivity contribution >= 4 is 5.97 Å². The maximum Gasteiger partial charge on any atom is 0.334 e. The highest BCUT2D eigenvalue weighted by atomic mass is 16.6. The molecule has 0 aromatic rings. The molecule has 262 valence electrons. The fourth-order valence-electron chi connectivity index (χ4n) is 7.26. The Bertz CT molecular complexity index is 833. The average Bonchev–Trinajstić information content (AvgIpc) is 3.77. The lowest BCUT2D eigenvalue weighted by Crippen LogP contribution is -2.33. The van der Waals surface area contributed by atoms with Crippen molar-refractivity contribution in [3.05, 3.63) is 11.6 Å². The monoisotopic (exact) mass is 638 g/mol. The van der Waals surface area contributed by atoms with Crippen molar-refractivity contribution < 1.29 is 39.4 Å². The molecule has 0 spiro atoms. The quantitative estimate of drug-likeness (QED) is 0.0634. The third kappa shape index (κ3) is 14.7. The number of esters is 1. The summed E-state index contributed by atoms with van der Waals surface area (Å²) >= 11 is 0. The molecule has 0 unspecified atom stereocenters. The van der Waals surface area contributed by atoms with E-state index in [0.29, 0.717) is 12.0 Å². The van der Waals surface area contributed by atoms with Crippen LogP contribution in [0.3, 0.4) is 0 Å². The van der Waals surface area contributed by atoms with Crippen molar-refractivity contribution in [1.82, 2.24) is 0 Å². The van der Waals surface area contributed by atoms with Gasteiger partial charge in [-0.3, -0.25) is 0 Å². The fraction of sp³-hybridized carbons (Fsp3) is 0.919. The zero-order valence-corrected chi connectivity index (χ0v) is 28.5. The van der Waals surface area contributed by atoms with E-state index in [1.165, 1.54) is 25.7 Å². The molecule has 2 saturated heterocycles. The first kappa shape index (κ1) is 38.4. The van der Waals surface area contributed by atoms with Gasteiger partial charge < -0.3 is 34.6 Å². The minimum Gasteiger partial charge on any atom is -0.455 e. The van der Waals surface area contributed by atoms with Crippen LogP contribution in [0.5, 0.6) is 0 Å². The van der Waals surface area contributed by atoms with Crippen molar-refractivity contribution in [3.8, 4) is 0 Å². The number of aliphatic hydroxyl groups excluding tert-OH is 4. The van der Waals surface area contributed by atoms with Crippen LogP contribution in [0.2, 0.25) is 0 Å². The van der Waals surface area contributed by atoms with Crippen LogP contribution >= 0.6 is 0 Å². The molecule has 0 bridgehead atoms. The van der Waals surface area contributed by atoms with E-state index in [1.54, 1.807) is 0 Å². The van der Waals surface area contributed by atoms with Crippen LogP contribution < -0.4 is 0 Å². The molecule has 2 fully saturated rings. The van der Waals surface area contributed by atoms with Crippen LogP contribution in [0, 0.1) is 0 Å². The summed E-state index contributed by atoms with van der Waals surface area (Å²) < 4.78 is 17.6. The van der Waals surface area contributed by atoms with E-state index in [9.17, 15) is 25.2 Å². The molecule has 3 rings (SSSR count). The molecule has 0 aromatic carbocycles. The van der Waals surface area contributed by atoms with E-state index in [2.05, 4.69) is 0 Å². The summed E-state index contributed by atoms with van der Waals surface area (Å²) in [7, 11) is 0. The molecule has 0 aliphatic carbocycles. The Kier molecular flexibility index (Phi) is 18.6. The van der Waals surface area contributed by atoms with Crippen molar-refractivity contribution in [1.29, 1.82) is 0 Å². The van der Waals surface area contributed by atoms with Crippen LogP contribution in [-0.2, 0) is 19.0 Å². The first-order valence-corrected chi connectivity index (χ1v) is 18.7. The molecule has 8 heteroatoms. The SMILES string of the molecule is CC[C@H](O)CCCCCCC[C@H](O)[C@H]1CC[C@H]([C@H]2CC[C@H]([C@H](O)CCCCCCCCCC[C@@H](O)CC3=C[C@H](C)OC3=O)O2)O1. The van der Waals surface area contributed by atoms with Gasteiger partial charge in [0.15, 0.2) is 0 Å². The highest BCUT2D eigenvalue weighted by molar-refractivity contribution is 5.90. The molecule has 3 aliphatic rings. The minimum absolute atomic E-state index is 0.0291. The molecular formula is C37H66O8. The molecule has 0 amide bonds. The summed E-state index contributed by atoms with van der Waals surface area (Å²) in [6.45, 7) is 3.86. The highest BCUT2D eigenvalue weighted by Gasteiger charge is 2.40. The first-order valence-electron chi connectivity index (χ1n) is 18.7. The Morgan fingerprint density at radius 2 is 1.07 bits per heavy atom. The van der Waals surface area contributed by atoms with Gasteiger partial charge in [-0.05, 0) is 70.8 Å². The van der Waals surface area contributed by atoms with Crippen molar-refractivity contribution in [2.75, 3.05) is 0 Å². The van der Waals surface area contributed by atoms with Gasteiger partial charge in [0.05, 0.1) is 48.8 Å². The molecule has 3 heterocycles. The van der Waals surface area contributed by atoms with Crippen LogP contribution in [0.1, 0.15) is 162 Å². The lowest BCUT2D eigenvalue weighted by atomic mass is 10.00. The number of hydrogen-bond donors (Lipinski definition) is 4. The smallest absolute Gasteiger partial charge is 0.334 e. The number of rotatable bonds is 25. The summed E-state index contributed by atoms with van der Waals surface area (Å²) in [6, 6.07) is 0. The molecule has 8 nitrogen and oxygen atoms in total. The Morgan fingerprint density at radius 3 is 1.49 bits per heavy atom. The number of ether oxygens (including phenoxy) is 3. The van der Waals surface area contributed by atoms with Gasteiger partial charge in [-0.2, -0.15) is 0 Å². The van der Waals surface area contributed by atoms with Gasteiger partial charge in [0.1, 0.15) is 6.10 Å². The van der Waals surface area contributed by atoms with Gasteiger partial charge in [0, 0.05) is 12.0 Å². The van der Waals surface area contributed by atoms with Gasteiger partial charge >= 0.3 is 5.97 Å². The molecular weight excluding hydrogens is 572 g/mol. The van der Waals surface area contributed by atoms with E-state index in [4.69, 9.17) is 14.2 Å². The molecule has 4 N–H and O–H groups in total. The third-order valence-electron chi connectivity index (χ3n) is 10.2. The predicted octanol–water partition coefficient (Wildman–Crippen LogP) is 6.83. The molecule has 3 aliphatic heterocycles. The number of aliphatic hydroxyl groups is 4. The summed E-state index contributed by atoms with van der Waals surface area (Å²) in [4.78, 5) is 11.7. The second-order valence-electron chi connectivity index (χ2n) is 14.2. The largest absolute Gasteiger partial charge is 0.455 e. The van der Waals surface area contributed by atoms with E-state index in [-0.39, 0.29) is 42.6 Å². The zero-order chi connectivity index (χ0) is 32.4. The van der Waals surface area contributed by atoms with Gasteiger partial charge in [-0.15, -0.1) is 0 Å². The van der Waals surface area contributed by atoms with Crippen LogP contribution in [0.15, 0.2) is 11.6 Å². The van der Waals surface area contributed by atoms with Crippen LogP contribution in [0.4, 0.5) is 0 Å². The van der Waals surface area contributed by atoms with Gasteiger partial charge in [0.25, 0.3) is 0 Å². The average molecular weight is 639 g/mol. The van der Waals surface area contributed by atoms with Gasteiger partial charge in [0.2, 0.25) is 0 Å². The lowest BCUT2D eigenvalue weighted by Gasteiger charge is -2.24. The number of cyclic esters (lactones) is 1. The predicted molar refractivity (Wildman–Crippen MR) is 177 cm³/mol. The van der Waals surface area contributed by atoms with E-state index < -0.39 is 18.3 Å². The summed E-state index contributed by atoms with van der Waals surface area (Å²) in [5.74, 6) is -0.285. The summed E-state index contributed by atoms with van der Waals surface area (Å²) in [5, 5.41) is 41.3. The second-order valence-corrected chi connectivity index (χ2v) is 14.2. The second kappa shape index (κ2) is 21.8. The Labute approximate surface area is 273 Å². The number of carbonyl (C=O) groups excluding carboxylic acids is 1. The number of unbranched alkanes of at least 4 members (excludes halogenated alkanes) is 11. The maximum atomic E-state index is 11.7. The van der Waals surface area contributed by atoms with Gasteiger partial charge in [-0.1, -0.05) is 90.4 Å². The Morgan fingerprint density at radius 1 is 0.644 bits per heavy atom. The van der Waals surface area contributed by atoms with Crippen molar-refractivity contribution in [2.24, 2.45) is 0 Å². The molecule has 45 heavy (non-hydrogen) atoms. The third-order valence-corrected chi connectivity index (χ3v) is 10.2. The Hall–Kier alpha value is -1.03. The highest BCUT2D eigenvalue weighted by Crippen LogP contribution is 2.34. The maximum absolute atomic E-state index is 11.7. The number of hydrogen-bond acceptors (Lipinski definition) is 8.